The summed E-state index contributed by atoms with van der Waals surface area (Å²) in [5.41, 5.74) is 3.94. The van der Waals surface area contributed by atoms with Crippen LogP contribution in [-0.4, -0.2) is 32.3 Å². The van der Waals surface area contributed by atoms with Gasteiger partial charge >= 0.3 is 0 Å². The maximum Gasteiger partial charge on any atom is 0.250 e. The Kier molecular flexibility index (Phi) is 5.95. The van der Waals surface area contributed by atoms with E-state index in [2.05, 4.69) is 26.0 Å². The van der Waals surface area contributed by atoms with Crippen molar-refractivity contribution in [3.8, 4) is 11.3 Å². The minimum absolute atomic E-state index is 0.129. The van der Waals surface area contributed by atoms with E-state index >= 15 is 0 Å². The van der Waals surface area contributed by atoms with Crippen LogP contribution in [0, 0.1) is 0 Å². The molecule has 2 aromatic carbocycles. The van der Waals surface area contributed by atoms with E-state index in [0.29, 0.717) is 16.3 Å². The summed E-state index contributed by atoms with van der Waals surface area (Å²) < 4.78 is 1.68. The van der Waals surface area contributed by atoms with Crippen LogP contribution in [0.1, 0.15) is 19.4 Å². The number of hydrogen-bond acceptors (Lipinski definition) is 6. The number of nitrogens with zero attached hydrogens (tertiary/aromatic N) is 3. The third-order valence-corrected chi connectivity index (χ3v) is 5.29. The molecule has 2 heterocycles. The number of benzene rings is 2. The minimum Gasteiger partial charge on any atom is -0.326 e. The quantitative estimate of drug-likeness (QED) is 0.417. The summed E-state index contributed by atoms with van der Waals surface area (Å²) in [6, 6.07) is 14.5. The Bertz CT molecular complexity index is 1290. The monoisotopic (exact) mass is 448 g/mol. The lowest BCUT2D eigenvalue weighted by Gasteiger charge is -2.05. The van der Waals surface area contributed by atoms with E-state index < -0.39 is 0 Å². The van der Waals surface area contributed by atoms with Gasteiger partial charge in [-0.2, -0.15) is 4.98 Å². The Morgan fingerprint density at radius 1 is 0.875 bits per heavy atom. The van der Waals surface area contributed by atoms with Gasteiger partial charge in [-0.1, -0.05) is 24.3 Å². The van der Waals surface area contributed by atoms with Crippen molar-refractivity contribution in [2.75, 3.05) is 16.0 Å². The van der Waals surface area contributed by atoms with Gasteiger partial charge in [-0.3, -0.25) is 19.7 Å². The molecule has 3 N–H and O–H groups in total. The largest absolute Gasteiger partial charge is 0.326 e. The molecule has 0 saturated heterocycles. The topological polar surface area (TPSA) is 117 Å². The zero-order chi connectivity index (χ0) is 22.7. The molecule has 0 atom stereocenters. The van der Waals surface area contributed by atoms with E-state index in [1.807, 2.05) is 29.6 Å². The molecule has 9 nitrogen and oxygen atoms in total. The number of rotatable bonds is 6. The SMILES string of the molecule is CC(=O)Nc1ccc(CC(=O)Nc2nc3scc(-c4ccc(NC(C)=O)cc4)n3n2)cc1. The number of carbonyl (C=O) groups excluding carboxylic acids is 3. The summed E-state index contributed by atoms with van der Waals surface area (Å²) in [7, 11) is 0. The highest BCUT2D eigenvalue weighted by Gasteiger charge is 2.14. The molecule has 0 bridgehead atoms. The average Bonchev–Trinajstić information content (AvgIpc) is 3.29. The van der Waals surface area contributed by atoms with Crippen LogP contribution in [0.2, 0.25) is 0 Å². The second-order valence-corrected chi connectivity index (χ2v) is 7.95. The molecule has 10 heteroatoms. The van der Waals surface area contributed by atoms with Crippen LogP contribution in [0.5, 0.6) is 0 Å². The first kappa shape index (κ1) is 21.2. The number of anilines is 3. The van der Waals surface area contributed by atoms with E-state index in [0.717, 1.165) is 16.8 Å². The Labute approximate surface area is 187 Å². The lowest BCUT2D eigenvalue weighted by Crippen LogP contribution is -2.15. The van der Waals surface area contributed by atoms with Crippen LogP contribution in [0.15, 0.2) is 53.9 Å². The van der Waals surface area contributed by atoms with E-state index in [4.69, 9.17) is 0 Å². The average molecular weight is 449 g/mol. The number of amides is 3. The van der Waals surface area contributed by atoms with E-state index in [9.17, 15) is 14.4 Å². The van der Waals surface area contributed by atoms with Crippen LogP contribution in [-0.2, 0) is 20.8 Å². The second kappa shape index (κ2) is 8.98. The Morgan fingerprint density at radius 2 is 1.47 bits per heavy atom. The van der Waals surface area contributed by atoms with Gasteiger partial charge in [-0.05, 0) is 29.8 Å². The fourth-order valence-corrected chi connectivity index (χ4v) is 3.95. The van der Waals surface area contributed by atoms with Gasteiger partial charge in [0.05, 0.1) is 12.1 Å². The molecule has 162 valence electrons. The smallest absolute Gasteiger partial charge is 0.250 e. The zero-order valence-corrected chi connectivity index (χ0v) is 18.2. The van der Waals surface area contributed by atoms with Gasteiger partial charge in [0.15, 0.2) is 0 Å². The van der Waals surface area contributed by atoms with Crippen LogP contribution in [0.3, 0.4) is 0 Å². The summed E-state index contributed by atoms with van der Waals surface area (Å²) in [5, 5.41) is 14.5. The van der Waals surface area contributed by atoms with Crippen LogP contribution in [0.4, 0.5) is 17.3 Å². The first-order chi connectivity index (χ1) is 15.4. The zero-order valence-electron chi connectivity index (χ0n) is 17.4. The molecule has 0 aliphatic carbocycles. The van der Waals surface area contributed by atoms with Crippen LogP contribution in [0.25, 0.3) is 16.2 Å². The minimum atomic E-state index is -0.239. The van der Waals surface area contributed by atoms with Gasteiger partial charge in [0.25, 0.3) is 0 Å². The van der Waals surface area contributed by atoms with Crippen molar-refractivity contribution in [3.05, 3.63) is 59.5 Å². The lowest BCUT2D eigenvalue weighted by molar-refractivity contribution is -0.116. The third-order valence-electron chi connectivity index (χ3n) is 4.47. The predicted octanol–water partition coefficient (Wildman–Crippen LogP) is 3.56. The molecule has 0 fully saturated rings. The maximum absolute atomic E-state index is 12.4. The number of hydrogen-bond donors (Lipinski definition) is 3. The lowest BCUT2D eigenvalue weighted by atomic mass is 10.1. The highest BCUT2D eigenvalue weighted by Crippen LogP contribution is 2.27. The summed E-state index contributed by atoms with van der Waals surface area (Å²) in [5.74, 6) is -0.287. The Hall–Kier alpha value is -4.05. The molecule has 4 aromatic rings. The molecule has 0 saturated carbocycles. The van der Waals surface area contributed by atoms with Gasteiger partial charge in [0.2, 0.25) is 28.6 Å². The molecule has 0 aliphatic rings. The first-order valence-corrected chi connectivity index (χ1v) is 10.6. The molecule has 0 unspecified atom stereocenters. The number of nitrogens with one attached hydrogen (secondary N) is 3. The molecule has 0 spiro atoms. The Balaban J connectivity index is 1.44. The molecule has 0 radical (unpaired) electrons. The summed E-state index contributed by atoms with van der Waals surface area (Å²) >= 11 is 1.42. The molecule has 3 amide bonds. The van der Waals surface area contributed by atoms with Gasteiger partial charge in [0, 0.05) is 36.2 Å². The van der Waals surface area contributed by atoms with Gasteiger partial charge < -0.3 is 10.6 Å². The molecular formula is C22H20N6O3S. The van der Waals surface area contributed by atoms with E-state index in [-0.39, 0.29) is 30.1 Å². The molecule has 32 heavy (non-hydrogen) atoms. The summed E-state index contributed by atoms with van der Waals surface area (Å²) in [6.45, 7) is 2.90. The fourth-order valence-electron chi connectivity index (χ4n) is 3.12. The number of carbonyl (C=O) groups is 3. The Morgan fingerprint density at radius 3 is 2.06 bits per heavy atom. The van der Waals surface area contributed by atoms with Crippen molar-refractivity contribution < 1.29 is 14.4 Å². The summed E-state index contributed by atoms with van der Waals surface area (Å²) in [4.78, 5) is 39.7. The van der Waals surface area contributed by atoms with Crippen molar-refractivity contribution in [1.29, 1.82) is 0 Å². The standard InChI is InChI=1S/C22H20N6O3S/c1-13(29)23-17-7-3-15(4-8-17)11-20(31)25-21-26-22-28(27-21)19(12-32-22)16-5-9-18(10-6-16)24-14(2)30/h3-10,12H,11H2,1-2H3,(H,23,29)(H,24,30)(H,25,27,31). The van der Waals surface area contributed by atoms with Gasteiger partial charge in [0.1, 0.15) is 0 Å². The van der Waals surface area contributed by atoms with Crippen molar-refractivity contribution >= 4 is 51.3 Å². The fraction of sp³-hybridized carbons (Fsp3) is 0.136. The normalized spacial score (nSPS) is 10.7. The van der Waals surface area contributed by atoms with Crippen molar-refractivity contribution in [1.82, 2.24) is 14.6 Å². The molecular weight excluding hydrogens is 428 g/mol. The first-order valence-electron chi connectivity index (χ1n) is 9.76. The van der Waals surface area contributed by atoms with Gasteiger partial charge in [-0.25, -0.2) is 4.52 Å². The highest BCUT2D eigenvalue weighted by molar-refractivity contribution is 7.15. The van der Waals surface area contributed by atoms with E-state index in [1.54, 1.807) is 28.8 Å². The van der Waals surface area contributed by atoms with Crippen molar-refractivity contribution in [2.24, 2.45) is 0 Å². The number of aromatic nitrogens is 3. The van der Waals surface area contributed by atoms with Gasteiger partial charge in [-0.15, -0.1) is 16.4 Å². The molecule has 2 aromatic heterocycles. The van der Waals surface area contributed by atoms with E-state index in [1.165, 1.54) is 25.2 Å². The van der Waals surface area contributed by atoms with Crippen LogP contribution >= 0.6 is 11.3 Å². The molecule has 0 aliphatic heterocycles. The van der Waals surface area contributed by atoms with Crippen molar-refractivity contribution in [3.63, 3.8) is 0 Å². The van der Waals surface area contributed by atoms with Crippen molar-refractivity contribution in [2.45, 2.75) is 20.3 Å². The van der Waals surface area contributed by atoms with Crippen LogP contribution < -0.4 is 16.0 Å². The maximum atomic E-state index is 12.4. The second-order valence-electron chi connectivity index (χ2n) is 7.11. The highest BCUT2D eigenvalue weighted by atomic mass is 32.1. The number of fused-ring (bicyclic) bond motifs is 1. The third kappa shape index (κ3) is 4.98. The summed E-state index contributed by atoms with van der Waals surface area (Å²) in [6.07, 6.45) is 0.157. The number of thiazole rings is 1. The predicted molar refractivity (Wildman–Crippen MR) is 124 cm³/mol. The molecule has 4 rings (SSSR count).